The van der Waals surface area contributed by atoms with Crippen molar-refractivity contribution in [2.75, 3.05) is 12.0 Å². The van der Waals surface area contributed by atoms with Gasteiger partial charge in [0.05, 0.1) is 16.8 Å². The SMILES string of the molecule is CSCCCC(O)Cc1nc(-c2ccccc2)cs1. The number of nitrogens with zero attached hydrogens (tertiary/aromatic N) is 1. The lowest BCUT2D eigenvalue weighted by molar-refractivity contribution is 0.164. The van der Waals surface area contributed by atoms with Crippen LogP contribution in [0, 0.1) is 0 Å². The number of thiazole rings is 1. The Kier molecular flexibility index (Phi) is 5.89. The lowest BCUT2D eigenvalue weighted by Gasteiger charge is -2.07. The molecule has 0 fully saturated rings. The molecule has 0 radical (unpaired) electrons. The van der Waals surface area contributed by atoms with Crippen molar-refractivity contribution in [2.24, 2.45) is 0 Å². The summed E-state index contributed by atoms with van der Waals surface area (Å²) in [6, 6.07) is 10.2. The molecule has 0 saturated carbocycles. The standard InChI is InChI=1S/C15H19NOS2/c1-18-9-5-8-13(17)10-15-16-14(11-19-15)12-6-3-2-4-7-12/h2-4,6-7,11,13,17H,5,8-10H2,1H3. The third kappa shape index (κ3) is 4.64. The highest BCUT2D eigenvalue weighted by molar-refractivity contribution is 7.98. The highest BCUT2D eigenvalue weighted by Gasteiger charge is 2.09. The average Bonchev–Trinajstić information content (AvgIpc) is 2.88. The zero-order chi connectivity index (χ0) is 13.5. The number of aromatic nitrogens is 1. The molecule has 4 heteroatoms. The maximum Gasteiger partial charge on any atom is 0.0958 e. The predicted molar refractivity (Wildman–Crippen MR) is 84.9 cm³/mol. The summed E-state index contributed by atoms with van der Waals surface area (Å²) in [5, 5.41) is 13.1. The lowest BCUT2D eigenvalue weighted by atomic mass is 10.1. The molecule has 102 valence electrons. The second-order valence-corrected chi connectivity index (χ2v) is 6.41. The first-order chi connectivity index (χ1) is 9.29. The Morgan fingerprint density at radius 2 is 2.11 bits per heavy atom. The Morgan fingerprint density at radius 1 is 1.32 bits per heavy atom. The van der Waals surface area contributed by atoms with E-state index in [1.54, 1.807) is 11.3 Å². The molecule has 0 amide bonds. The van der Waals surface area contributed by atoms with Gasteiger partial charge in [-0.05, 0) is 24.9 Å². The first kappa shape index (κ1) is 14.6. The second kappa shape index (κ2) is 7.68. The summed E-state index contributed by atoms with van der Waals surface area (Å²) in [5.41, 5.74) is 2.15. The molecule has 0 spiro atoms. The van der Waals surface area contributed by atoms with Gasteiger partial charge in [0.25, 0.3) is 0 Å². The number of hydrogen-bond acceptors (Lipinski definition) is 4. The summed E-state index contributed by atoms with van der Waals surface area (Å²) in [4.78, 5) is 4.60. The van der Waals surface area contributed by atoms with Crippen LogP contribution in [0.3, 0.4) is 0 Å². The largest absolute Gasteiger partial charge is 0.393 e. The molecule has 0 aliphatic heterocycles. The van der Waals surface area contributed by atoms with Crippen LogP contribution in [0.4, 0.5) is 0 Å². The Bertz CT molecular complexity index is 484. The molecular formula is C15H19NOS2. The minimum Gasteiger partial charge on any atom is -0.393 e. The van der Waals surface area contributed by atoms with Crippen LogP contribution in [-0.2, 0) is 6.42 Å². The van der Waals surface area contributed by atoms with Gasteiger partial charge in [-0.3, -0.25) is 0 Å². The van der Waals surface area contributed by atoms with Crippen LogP contribution in [-0.4, -0.2) is 28.2 Å². The summed E-state index contributed by atoms with van der Waals surface area (Å²) in [5.74, 6) is 1.12. The van der Waals surface area contributed by atoms with Crippen LogP contribution in [0.25, 0.3) is 11.3 Å². The fourth-order valence-electron chi connectivity index (χ4n) is 1.91. The second-order valence-electron chi connectivity index (χ2n) is 4.49. The molecule has 2 aromatic rings. The van der Waals surface area contributed by atoms with Crippen molar-refractivity contribution < 1.29 is 5.11 Å². The topological polar surface area (TPSA) is 33.1 Å². The zero-order valence-electron chi connectivity index (χ0n) is 11.1. The van der Waals surface area contributed by atoms with Gasteiger partial charge in [-0.15, -0.1) is 11.3 Å². The van der Waals surface area contributed by atoms with Gasteiger partial charge in [-0.25, -0.2) is 4.98 Å². The summed E-state index contributed by atoms with van der Waals surface area (Å²) in [6.07, 6.45) is 4.44. The number of rotatable bonds is 7. The van der Waals surface area contributed by atoms with E-state index in [1.165, 1.54) is 0 Å². The van der Waals surface area contributed by atoms with E-state index in [0.29, 0.717) is 6.42 Å². The van der Waals surface area contributed by atoms with E-state index >= 15 is 0 Å². The monoisotopic (exact) mass is 293 g/mol. The van der Waals surface area contributed by atoms with Crippen molar-refractivity contribution in [2.45, 2.75) is 25.4 Å². The number of aliphatic hydroxyl groups excluding tert-OH is 1. The van der Waals surface area contributed by atoms with Gasteiger partial charge in [-0.2, -0.15) is 11.8 Å². The molecule has 0 saturated heterocycles. The molecule has 19 heavy (non-hydrogen) atoms. The highest BCUT2D eigenvalue weighted by Crippen LogP contribution is 2.22. The van der Waals surface area contributed by atoms with Crippen molar-refractivity contribution in [1.29, 1.82) is 0 Å². The smallest absolute Gasteiger partial charge is 0.0958 e. The molecular weight excluding hydrogens is 274 g/mol. The van der Waals surface area contributed by atoms with Gasteiger partial charge in [0.15, 0.2) is 0 Å². The molecule has 1 unspecified atom stereocenters. The van der Waals surface area contributed by atoms with Crippen LogP contribution in [0.5, 0.6) is 0 Å². The van der Waals surface area contributed by atoms with E-state index < -0.39 is 0 Å². The van der Waals surface area contributed by atoms with Gasteiger partial charge in [0.2, 0.25) is 0 Å². The number of aliphatic hydroxyl groups is 1. The Labute approximate surface area is 122 Å². The normalized spacial score (nSPS) is 12.5. The molecule has 1 atom stereocenters. The van der Waals surface area contributed by atoms with Gasteiger partial charge < -0.3 is 5.11 Å². The van der Waals surface area contributed by atoms with Crippen LogP contribution < -0.4 is 0 Å². The first-order valence-electron chi connectivity index (χ1n) is 6.46. The molecule has 0 aliphatic rings. The summed E-state index contributed by atoms with van der Waals surface area (Å²) in [7, 11) is 0. The number of thioether (sulfide) groups is 1. The molecule has 0 bridgehead atoms. The molecule has 2 nitrogen and oxygen atoms in total. The van der Waals surface area contributed by atoms with Crippen LogP contribution >= 0.6 is 23.1 Å². The minimum atomic E-state index is -0.262. The molecule has 0 aliphatic carbocycles. The predicted octanol–water partition coefficient (Wildman–Crippen LogP) is 3.86. The average molecular weight is 293 g/mol. The van der Waals surface area contributed by atoms with Gasteiger partial charge >= 0.3 is 0 Å². The van der Waals surface area contributed by atoms with Crippen molar-refractivity contribution >= 4 is 23.1 Å². The molecule has 2 rings (SSSR count). The van der Waals surface area contributed by atoms with Gasteiger partial charge in [0, 0.05) is 17.4 Å². The number of benzene rings is 1. The van der Waals surface area contributed by atoms with Crippen LogP contribution in [0.15, 0.2) is 35.7 Å². The van der Waals surface area contributed by atoms with Gasteiger partial charge in [-0.1, -0.05) is 30.3 Å². The molecule has 1 aromatic heterocycles. The van der Waals surface area contributed by atoms with Crippen molar-refractivity contribution in [3.63, 3.8) is 0 Å². The van der Waals surface area contributed by atoms with Crippen LogP contribution in [0.1, 0.15) is 17.8 Å². The first-order valence-corrected chi connectivity index (χ1v) is 8.74. The molecule has 1 heterocycles. The summed E-state index contributed by atoms with van der Waals surface area (Å²) < 4.78 is 0. The summed E-state index contributed by atoms with van der Waals surface area (Å²) in [6.45, 7) is 0. The molecule has 1 aromatic carbocycles. The van der Waals surface area contributed by atoms with E-state index in [1.807, 2.05) is 30.0 Å². The van der Waals surface area contributed by atoms with Crippen molar-refractivity contribution in [1.82, 2.24) is 4.98 Å². The fraction of sp³-hybridized carbons (Fsp3) is 0.400. The van der Waals surface area contributed by atoms with Crippen molar-refractivity contribution in [3.05, 3.63) is 40.7 Å². The van der Waals surface area contributed by atoms with E-state index in [9.17, 15) is 5.11 Å². The van der Waals surface area contributed by atoms with Crippen LogP contribution in [0.2, 0.25) is 0 Å². The maximum absolute atomic E-state index is 9.97. The quantitative estimate of drug-likeness (QED) is 0.787. The maximum atomic E-state index is 9.97. The third-order valence-corrected chi connectivity index (χ3v) is 4.49. The molecule has 1 N–H and O–H groups in total. The fourth-order valence-corrected chi connectivity index (χ4v) is 3.24. The Morgan fingerprint density at radius 3 is 2.84 bits per heavy atom. The van der Waals surface area contributed by atoms with E-state index in [4.69, 9.17) is 0 Å². The van der Waals surface area contributed by atoms with E-state index in [-0.39, 0.29) is 6.10 Å². The van der Waals surface area contributed by atoms with E-state index in [0.717, 1.165) is 34.9 Å². The number of hydrogen-bond donors (Lipinski definition) is 1. The zero-order valence-corrected chi connectivity index (χ0v) is 12.7. The minimum absolute atomic E-state index is 0.262. The lowest BCUT2D eigenvalue weighted by Crippen LogP contribution is -2.10. The van der Waals surface area contributed by atoms with Gasteiger partial charge in [0.1, 0.15) is 0 Å². The third-order valence-electron chi connectivity index (χ3n) is 2.92. The van der Waals surface area contributed by atoms with Crippen molar-refractivity contribution in [3.8, 4) is 11.3 Å². The Balaban J connectivity index is 1.91. The highest BCUT2D eigenvalue weighted by atomic mass is 32.2. The van der Waals surface area contributed by atoms with E-state index in [2.05, 4.69) is 28.8 Å². The Hall–Kier alpha value is -0.840. The summed E-state index contributed by atoms with van der Waals surface area (Å²) >= 11 is 3.46.